The minimum Gasteiger partial charge on any atom is -0.115 e. The van der Waals surface area contributed by atoms with Crippen molar-refractivity contribution >= 4 is 16.7 Å². The number of fused-ring (bicyclic) bond motifs is 1. The Morgan fingerprint density at radius 3 is 2.54 bits per heavy atom. The highest BCUT2D eigenvalue weighted by molar-refractivity contribution is 5.83. The fourth-order valence-corrected chi connectivity index (χ4v) is 3.17. The molecule has 26 heavy (non-hydrogen) atoms. The molecule has 0 radical (unpaired) electrons. The van der Waals surface area contributed by atoms with Crippen LogP contribution in [0, 0.1) is 12.3 Å². The Labute approximate surface area is 159 Å². The number of terminal acetylenes is 1. The smallest absolute Gasteiger partial charge is 0.00665 e. The van der Waals surface area contributed by atoms with Crippen molar-refractivity contribution in [1.29, 1.82) is 0 Å². The monoisotopic (exact) mass is 340 g/mol. The van der Waals surface area contributed by atoms with Gasteiger partial charge in [-0.25, -0.2) is 0 Å². The fraction of sp³-hybridized carbons (Fsp3) is 0.231. The summed E-state index contributed by atoms with van der Waals surface area (Å²) in [5.41, 5.74) is 11.1. The molecule has 1 aliphatic carbocycles. The summed E-state index contributed by atoms with van der Waals surface area (Å²) in [5, 5.41) is 0. The summed E-state index contributed by atoms with van der Waals surface area (Å²) in [6.45, 7) is 15.1. The van der Waals surface area contributed by atoms with Gasteiger partial charge < -0.3 is 0 Å². The van der Waals surface area contributed by atoms with E-state index in [1.807, 2.05) is 6.08 Å². The van der Waals surface area contributed by atoms with Gasteiger partial charge in [0.15, 0.2) is 0 Å². The highest BCUT2D eigenvalue weighted by atomic mass is 14.2. The van der Waals surface area contributed by atoms with Crippen LogP contribution in [0.25, 0.3) is 16.7 Å². The van der Waals surface area contributed by atoms with E-state index in [4.69, 9.17) is 6.42 Å². The molecular weight excluding hydrogens is 312 g/mol. The Hall–Kier alpha value is -2.78. The first-order valence-corrected chi connectivity index (χ1v) is 8.99. The van der Waals surface area contributed by atoms with E-state index in [1.54, 1.807) is 6.08 Å². The molecule has 1 aliphatic rings. The minimum atomic E-state index is 0.891. The highest BCUT2D eigenvalue weighted by Gasteiger charge is 2.12. The first-order chi connectivity index (χ1) is 12.3. The van der Waals surface area contributed by atoms with Crippen LogP contribution in [0.5, 0.6) is 0 Å². The zero-order chi connectivity index (χ0) is 19.3. The lowest BCUT2D eigenvalue weighted by Gasteiger charge is -2.17. The summed E-state index contributed by atoms with van der Waals surface area (Å²) in [5.74, 6) is 2.56. The topological polar surface area (TPSA) is 0 Å². The third kappa shape index (κ3) is 4.64. The van der Waals surface area contributed by atoms with Crippen LogP contribution in [0.3, 0.4) is 0 Å². The molecule has 0 atom stereocenters. The molecule has 0 saturated carbocycles. The molecule has 0 spiro atoms. The Morgan fingerprint density at radius 1 is 1.12 bits per heavy atom. The van der Waals surface area contributed by atoms with Crippen LogP contribution in [-0.4, -0.2) is 0 Å². The third-order valence-electron chi connectivity index (χ3n) is 4.85. The summed E-state index contributed by atoms with van der Waals surface area (Å²) in [7, 11) is 0. The molecule has 0 aromatic heterocycles. The number of allylic oxidation sites excluding steroid dienone is 11. The maximum Gasteiger partial charge on any atom is -0.00665 e. The normalized spacial score (nSPS) is 22.2. The maximum atomic E-state index is 5.34. The molecule has 132 valence electrons. The Balaban J connectivity index is 2.64. The molecule has 1 aromatic rings. The van der Waals surface area contributed by atoms with Gasteiger partial charge in [-0.1, -0.05) is 60.1 Å². The van der Waals surface area contributed by atoms with E-state index in [2.05, 4.69) is 83.5 Å². The summed E-state index contributed by atoms with van der Waals surface area (Å²) in [4.78, 5) is 0. The van der Waals surface area contributed by atoms with Gasteiger partial charge in [-0.15, -0.1) is 6.42 Å². The zero-order valence-electron chi connectivity index (χ0n) is 16.6. The summed E-state index contributed by atoms with van der Waals surface area (Å²) < 4.78 is 0. The Morgan fingerprint density at radius 2 is 1.85 bits per heavy atom. The second kappa shape index (κ2) is 8.54. The van der Waals surface area contributed by atoms with Gasteiger partial charge in [0.05, 0.1) is 0 Å². The van der Waals surface area contributed by atoms with E-state index in [1.165, 1.54) is 44.6 Å². The number of hydrogen-bond donors (Lipinski definition) is 0. The van der Waals surface area contributed by atoms with Crippen LogP contribution in [0.2, 0.25) is 0 Å². The van der Waals surface area contributed by atoms with Crippen molar-refractivity contribution in [3.05, 3.63) is 88.6 Å². The van der Waals surface area contributed by atoms with Crippen LogP contribution in [0.4, 0.5) is 0 Å². The van der Waals surface area contributed by atoms with E-state index in [0.717, 1.165) is 12.0 Å². The van der Waals surface area contributed by atoms with Crippen LogP contribution in [-0.2, 0) is 0 Å². The molecule has 0 aliphatic heterocycles. The number of rotatable bonds is 2. The predicted octanol–water partition coefficient (Wildman–Crippen LogP) is 7.38. The lowest BCUT2D eigenvalue weighted by molar-refractivity contribution is 1.22. The molecule has 0 amide bonds. The molecule has 0 heteroatoms. The molecule has 0 unspecified atom stereocenters. The van der Waals surface area contributed by atoms with Crippen LogP contribution in [0.15, 0.2) is 71.9 Å². The zero-order valence-corrected chi connectivity index (χ0v) is 16.6. The van der Waals surface area contributed by atoms with Crippen molar-refractivity contribution in [2.24, 2.45) is 0 Å². The molecule has 0 saturated heterocycles. The molecule has 0 nitrogen and oxygen atoms in total. The van der Waals surface area contributed by atoms with Crippen molar-refractivity contribution in [3.8, 4) is 12.3 Å². The minimum absolute atomic E-state index is 0.891. The molecule has 2 rings (SSSR count). The maximum absolute atomic E-state index is 5.34. The summed E-state index contributed by atoms with van der Waals surface area (Å²) in [6, 6.07) is 6.68. The van der Waals surface area contributed by atoms with E-state index in [-0.39, 0.29) is 0 Å². The second-order valence-corrected chi connectivity index (χ2v) is 7.10. The first kappa shape index (κ1) is 19.5. The van der Waals surface area contributed by atoms with E-state index in [9.17, 15) is 0 Å². The lowest BCUT2D eigenvalue weighted by atomic mass is 9.88. The first-order valence-electron chi connectivity index (χ1n) is 8.99. The van der Waals surface area contributed by atoms with Crippen LogP contribution < -0.4 is 0 Å². The van der Waals surface area contributed by atoms with Crippen molar-refractivity contribution in [3.63, 3.8) is 0 Å². The van der Waals surface area contributed by atoms with Gasteiger partial charge >= 0.3 is 0 Å². The summed E-state index contributed by atoms with van der Waals surface area (Å²) in [6.07, 6.45) is 16.6. The van der Waals surface area contributed by atoms with Crippen molar-refractivity contribution in [2.45, 2.75) is 41.0 Å². The SMILES string of the molecule is C#C/C=C\C(C)=C(/C)c1ccc2c(c1)/C(C)=C/C(C)=C\C=C(/C)CC2=C. The molecule has 1 aromatic carbocycles. The molecule has 0 heterocycles. The molecule has 0 fully saturated rings. The average Bonchev–Trinajstić information content (AvgIpc) is 2.62. The van der Waals surface area contributed by atoms with Crippen molar-refractivity contribution < 1.29 is 0 Å². The molecule has 0 bridgehead atoms. The van der Waals surface area contributed by atoms with E-state index in [0.29, 0.717) is 0 Å². The quantitative estimate of drug-likeness (QED) is 0.389. The standard InChI is InChI=1S/C26H28/c1-8-9-10-20(4)23(7)24-13-14-25-21(5)15-18(2)11-12-19(3)16-22(6)26(25)17-24/h1,9-14,16-17H,5,15H2,2-4,6-7H3/b10-9-,18-11+,19-12-,22-16+,23-20+. The van der Waals surface area contributed by atoms with Crippen molar-refractivity contribution in [1.82, 2.24) is 0 Å². The van der Waals surface area contributed by atoms with E-state index < -0.39 is 0 Å². The van der Waals surface area contributed by atoms with Gasteiger partial charge in [-0.2, -0.15) is 0 Å². The lowest BCUT2D eigenvalue weighted by Crippen LogP contribution is -1.96. The van der Waals surface area contributed by atoms with Gasteiger partial charge in [-0.05, 0) is 92.2 Å². The fourth-order valence-electron chi connectivity index (χ4n) is 3.17. The number of hydrogen-bond acceptors (Lipinski definition) is 0. The average molecular weight is 341 g/mol. The van der Waals surface area contributed by atoms with Crippen LogP contribution in [0.1, 0.15) is 57.7 Å². The van der Waals surface area contributed by atoms with Gasteiger partial charge in [0, 0.05) is 0 Å². The van der Waals surface area contributed by atoms with Gasteiger partial charge in [-0.3, -0.25) is 0 Å². The molecule has 0 N–H and O–H groups in total. The predicted molar refractivity (Wildman–Crippen MR) is 117 cm³/mol. The summed E-state index contributed by atoms with van der Waals surface area (Å²) >= 11 is 0. The Bertz CT molecular complexity index is 915. The molecular formula is C26H28. The van der Waals surface area contributed by atoms with Gasteiger partial charge in [0.25, 0.3) is 0 Å². The van der Waals surface area contributed by atoms with Crippen LogP contribution >= 0.6 is 0 Å². The largest absolute Gasteiger partial charge is 0.115 e. The Kier molecular flexibility index (Phi) is 6.42. The second-order valence-electron chi connectivity index (χ2n) is 7.10. The van der Waals surface area contributed by atoms with Gasteiger partial charge in [0.2, 0.25) is 0 Å². The van der Waals surface area contributed by atoms with Gasteiger partial charge in [0.1, 0.15) is 0 Å². The highest BCUT2D eigenvalue weighted by Crippen LogP contribution is 2.33. The third-order valence-corrected chi connectivity index (χ3v) is 4.85. The van der Waals surface area contributed by atoms with Crippen molar-refractivity contribution in [2.75, 3.05) is 0 Å². The number of benzene rings is 1. The van der Waals surface area contributed by atoms with E-state index >= 15 is 0 Å².